The second kappa shape index (κ2) is 17.3. The van der Waals surface area contributed by atoms with Gasteiger partial charge in [-0.15, -0.1) is 13.2 Å². The first-order valence-corrected chi connectivity index (χ1v) is 19.0. The highest BCUT2D eigenvalue weighted by Gasteiger charge is 2.77. The first-order valence-electron chi connectivity index (χ1n) is 18.0. The number of hydrogen-bond acceptors (Lipinski definition) is 7. The number of unbranched alkanes of at least 4 members (excludes halogenated alkanes) is 3. The second-order valence-electron chi connectivity index (χ2n) is 13.9. The van der Waals surface area contributed by atoms with Crippen molar-refractivity contribution in [3.8, 4) is 0 Å². The van der Waals surface area contributed by atoms with Crippen LogP contribution in [0.15, 0.2) is 55.6 Å². The number of alkyl halides is 1. The fraction of sp³-hybridized carbons (Fsp3) is 0.632. The Bertz CT molecular complexity index is 1340. The summed E-state index contributed by atoms with van der Waals surface area (Å²) >= 11 is 3.77. The van der Waals surface area contributed by atoms with Crippen LogP contribution in [0.4, 0.5) is 0 Å². The zero-order chi connectivity index (χ0) is 35.0. The number of likely N-dealkylation sites (tertiary alicyclic amines) is 1. The summed E-state index contributed by atoms with van der Waals surface area (Å²) in [7, 11) is 0. The number of amides is 3. The molecule has 49 heavy (non-hydrogen) atoms. The number of aliphatic hydroxyl groups excluding tert-OH is 1. The van der Waals surface area contributed by atoms with Crippen molar-refractivity contribution in [2.45, 2.75) is 112 Å². The van der Waals surface area contributed by atoms with Gasteiger partial charge in [-0.25, -0.2) is 0 Å². The van der Waals surface area contributed by atoms with Gasteiger partial charge in [0.1, 0.15) is 17.7 Å². The van der Waals surface area contributed by atoms with Crippen molar-refractivity contribution in [3.05, 3.63) is 61.2 Å². The Labute approximate surface area is 298 Å². The molecule has 1 spiro atoms. The van der Waals surface area contributed by atoms with Gasteiger partial charge in [-0.2, -0.15) is 0 Å². The number of allylic oxidation sites excluding steroid dienone is 1. The van der Waals surface area contributed by atoms with E-state index in [1.54, 1.807) is 17.1 Å². The van der Waals surface area contributed by atoms with Crippen LogP contribution in [0.2, 0.25) is 0 Å². The summed E-state index contributed by atoms with van der Waals surface area (Å²) < 4.78 is 12.9. The number of halogens is 1. The molecule has 11 heteroatoms. The van der Waals surface area contributed by atoms with Crippen LogP contribution in [0, 0.1) is 11.8 Å². The van der Waals surface area contributed by atoms with Crippen LogP contribution < -0.4 is 5.32 Å². The Morgan fingerprint density at radius 2 is 1.84 bits per heavy atom. The molecule has 2 N–H and O–H groups in total. The van der Waals surface area contributed by atoms with Crippen molar-refractivity contribution in [2.24, 2.45) is 11.8 Å². The van der Waals surface area contributed by atoms with Gasteiger partial charge in [-0.3, -0.25) is 19.2 Å². The molecule has 3 heterocycles. The number of hydrogen-bond donors (Lipinski definition) is 2. The molecule has 1 aromatic rings. The lowest BCUT2D eigenvalue weighted by molar-refractivity contribution is -0.160. The SMILES string of the molecule is C=CCCC(=O)NC[C@H](OC(=O)[C@@H]1[C@H]2O[C@@]3(CC2Br)[C@H](C(=O)N(CC=C)C2CCCCC2)N(CCCCCCO)C(=O)[C@@H]13)c1ccccc1. The molecule has 1 unspecified atom stereocenters. The fourth-order valence-electron chi connectivity index (χ4n) is 8.42. The summed E-state index contributed by atoms with van der Waals surface area (Å²) in [6.07, 6.45) is 11.2. The Kier molecular flexibility index (Phi) is 13.1. The number of esters is 1. The van der Waals surface area contributed by atoms with E-state index in [2.05, 4.69) is 34.4 Å². The number of aliphatic hydroxyl groups is 1. The normalized spacial score (nSPS) is 28.2. The van der Waals surface area contributed by atoms with Gasteiger partial charge in [0, 0.05) is 37.0 Å². The highest BCUT2D eigenvalue weighted by Crippen LogP contribution is 2.60. The summed E-state index contributed by atoms with van der Waals surface area (Å²) in [4.78, 5) is 59.5. The number of carbonyl (C=O) groups is 4. The van der Waals surface area contributed by atoms with Crippen LogP contribution in [-0.2, 0) is 28.7 Å². The first kappa shape index (κ1) is 37.2. The van der Waals surface area contributed by atoms with E-state index in [0.29, 0.717) is 38.8 Å². The summed E-state index contributed by atoms with van der Waals surface area (Å²) in [5.74, 6) is -2.94. The number of fused-ring (bicyclic) bond motifs is 1. The largest absolute Gasteiger partial charge is 0.455 e. The molecule has 2 bridgehead atoms. The Hall–Kier alpha value is -3.02. The van der Waals surface area contributed by atoms with Gasteiger partial charge >= 0.3 is 5.97 Å². The van der Waals surface area contributed by atoms with Gasteiger partial charge in [0.2, 0.25) is 17.7 Å². The van der Waals surface area contributed by atoms with Crippen LogP contribution in [0.5, 0.6) is 0 Å². The third kappa shape index (κ3) is 7.99. The predicted molar refractivity (Wildman–Crippen MR) is 189 cm³/mol. The average Bonchev–Trinajstić information content (AvgIpc) is 3.71. The molecule has 0 radical (unpaired) electrons. The Morgan fingerprint density at radius 3 is 2.53 bits per heavy atom. The predicted octanol–water partition coefficient (Wildman–Crippen LogP) is 5.00. The van der Waals surface area contributed by atoms with E-state index >= 15 is 0 Å². The molecule has 1 aliphatic carbocycles. The monoisotopic (exact) mass is 741 g/mol. The van der Waals surface area contributed by atoms with Crippen molar-refractivity contribution in [3.63, 3.8) is 0 Å². The maximum Gasteiger partial charge on any atom is 0.313 e. The Morgan fingerprint density at radius 1 is 1.10 bits per heavy atom. The molecular weight excluding hydrogens is 690 g/mol. The van der Waals surface area contributed by atoms with Crippen molar-refractivity contribution >= 4 is 39.6 Å². The molecule has 5 rings (SSSR count). The molecule has 0 aromatic heterocycles. The third-order valence-electron chi connectivity index (χ3n) is 10.7. The maximum atomic E-state index is 14.8. The molecule has 7 atom stereocenters. The van der Waals surface area contributed by atoms with E-state index < -0.39 is 41.7 Å². The third-order valence-corrected chi connectivity index (χ3v) is 11.6. The van der Waals surface area contributed by atoms with E-state index in [-0.39, 0.29) is 48.2 Å². The maximum absolute atomic E-state index is 14.8. The fourth-order valence-corrected chi connectivity index (χ4v) is 9.36. The second-order valence-corrected chi connectivity index (χ2v) is 15.0. The molecule has 1 aromatic carbocycles. The minimum atomic E-state index is -1.18. The highest BCUT2D eigenvalue weighted by molar-refractivity contribution is 9.09. The number of rotatable bonds is 18. The number of nitrogens with zero attached hydrogens (tertiary/aromatic N) is 2. The first-order chi connectivity index (χ1) is 23.8. The lowest BCUT2D eigenvalue weighted by atomic mass is 9.70. The van der Waals surface area contributed by atoms with Crippen molar-refractivity contribution in [1.29, 1.82) is 0 Å². The summed E-state index contributed by atoms with van der Waals surface area (Å²) in [5, 5.41) is 12.2. The minimum Gasteiger partial charge on any atom is -0.455 e. The molecule has 4 fully saturated rings. The van der Waals surface area contributed by atoms with Gasteiger partial charge in [-0.05, 0) is 44.1 Å². The molecular formula is C38H52BrN3O7. The van der Waals surface area contributed by atoms with E-state index in [0.717, 1.165) is 50.5 Å². The molecule has 268 valence electrons. The van der Waals surface area contributed by atoms with Gasteiger partial charge in [0.15, 0.2) is 0 Å². The lowest BCUT2D eigenvalue weighted by Crippen LogP contribution is -2.58. The quantitative estimate of drug-likeness (QED) is 0.0939. The van der Waals surface area contributed by atoms with Gasteiger partial charge in [0.05, 0.1) is 24.5 Å². The number of carbonyl (C=O) groups excluding carboxylic acids is 4. The van der Waals surface area contributed by atoms with Gasteiger partial charge < -0.3 is 29.7 Å². The molecule has 4 aliphatic rings. The van der Waals surface area contributed by atoms with Crippen molar-refractivity contribution < 1.29 is 33.8 Å². The van der Waals surface area contributed by atoms with Crippen LogP contribution >= 0.6 is 15.9 Å². The summed E-state index contributed by atoms with van der Waals surface area (Å²) in [6, 6.07) is 8.42. The standard InChI is InChI=1S/C38H52BrN3O7/c1-3-5-20-30(44)40-25-29(26-16-10-8-11-17-26)48-37(47)31-32-35(45)42(22-14-6-7-15-23-43)34(38(32)24-28(39)33(31)49-38)36(46)41(21-4-2)27-18-12-9-13-19-27/h3-4,8,10-11,16-17,27-29,31-34,43H,1-2,5-7,9,12-15,18-25H2,(H,40,44)/t28?,29-,31-,32+,33-,34-,38+/m0/s1. The van der Waals surface area contributed by atoms with Crippen LogP contribution in [0.3, 0.4) is 0 Å². The van der Waals surface area contributed by atoms with E-state index in [1.165, 1.54) is 0 Å². The smallest absolute Gasteiger partial charge is 0.313 e. The summed E-state index contributed by atoms with van der Waals surface area (Å²) in [6.45, 7) is 8.54. The summed E-state index contributed by atoms with van der Waals surface area (Å²) in [5.41, 5.74) is -0.464. The Balaban J connectivity index is 1.44. The van der Waals surface area contributed by atoms with Crippen LogP contribution in [-0.4, -0.2) is 93.5 Å². The zero-order valence-electron chi connectivity index (χ0n) is 28.5. The van der Waals surface area contributed by atoms with Crippen LogP contribution in [0.1, 0.15) is 88.7 Å². The van der Waals surface area contributed by atoms with Gasteiger partial charge in [0.25, 0.3) is 0 Å². The molecule has 3 saturated heterocycles. The van der Waals surface area contributed by atoms with Crippen LogP contribution in [0.25, 0.3) is 0 Å². The highest BCUT2D eigenvalue weighted by atomic mass is 79.9. The molecule has 10 nitrogen and oxygen atoms in total. The molecule has 3 amide bonds. The van der Waals surface area contributed by atoms with Crippen molar-refractivity contribution in [2.75, 3.05) is 26.2 Å². The molecule has 3 aliphatic heterocycles. The number of benzene rings is 1. The van der Waals surface area contributed by atoms with E-state index in [4.69, 9.17) is 9.47 Å². The minimum absolute atomic E-state index is 0.0589. The topological polar surface area (TPSA) is 125 Å². The van der Waals surface area contributed by atoms with Gasteiger partial charge in [-0.1, -0.05) is 90.5 Å². The number of ether oxygens (including phenoxy) is 2. The zero-order valence-corrected chi connectivity index (χ0v) is 30.1. The van der Waals surface area contributed by atoms with E-state index in [1.807, 2.05) is 35.2 Å². The lowest BCUT2D eigenvalue weighted by Gasteiger charge is -2.41. The average molecular weight is 743 g/mol. The van der Waals surface area contributed by atoms with Crippen molar-refractivity contribution in [1.82, 2.24) is 15.1 Å². The van der Waals surface area contributed by atoms with E-state index in [9.17, 15) is 24.3 Å². The number of nitrogens with one attached hydrogen (secondary N) is 1. The molecule has 1 saturated carbocycles.